The smallest absolute Gasteiger partial charge is 0.107 e. The maximum atomic E-state index is 4.44. The Morgan fingerprint density at radius 3 is 2.90 bits per heavy atom. The van der Waals surface area contributed by atoms with Crippen LogP contribution in [0, 0.1) is 6.92 Å². The molecule has 2 aromatic rings. The Morgan fingerprint density at radius 2 is 2.20 bits per heavy atom. The van der Waals surface area contributed by atoms with Gasteiger partial charge in [-0.3, -0.25) is 0 Å². The van der Waals surface area contributed by atoms with Crippen molar-refractivity contribution in [2.45, 2.75) is 52.6 Å². The minimum atomic E-state index is 0.518. The van der Waals surface area contributed by atoms with Crippen molar-refractivity contribution < 1.29 is 0 Å². The third-order valence-corrected chi connectivity index (χ3v) is 4.64. The zero-order valence-corrected chi connectivity index (χ0v) is 13.5. The molecule has 0 aliphatic carbocycles. The van der Waals surface area contributed by atoms with E-state index in [1.807, 2.05) is 17.5 Å². The molecule has 0 amide bonds. The summed E-state index contributed by atoms with van der Waals surface area (Å²) in [7, 11) is 0. The molecule has 2 rings (SSSR count). The summed E-state index contributed by atoms with van der Waals surface area (Å²) in [5.74, 6) is 0. The molecule has 0 fully saturated rings. The highest BCUT2D eigenvalue weighted by Gasteiger charge is 2.05. The molecule has 0 aliphatic heterocycles. The van der Waals surface area contributed by atoms with Crippen LogP contribution in [0.3, 0.4) is 0 Å². The summed E-state index contributed by atoms with van der Waals surface area (Å²) in [4.78, 5) is 5.81. The molecule has 1 atom stereocenters. The fourth-order valence-corrected chi connectivity index (χ4v) is 3.02. The first-order valence-electron chi connectivity index (χ1n) is 7.40. The predicted molar refractivity (Wildman–Crippen MR) is 87.3 cm³/mol. The molecule has 3 heteroatoms. The number of benzene rings is 1. The van der Waals surface area contributed by atoms with E-state index in [4.69, 9.17) is 0 Å². The number of hydrogen-bond donors (Lipinski definition) is 1. The first-order chi connectivity index (χ1) is 9.67. The largest absolute Gasteiger partial charge is 0.308 e. The van der Waals surface area contributed by atoms with Gasteiger partial charge in [0, 0.05) is 23.7 Å². The maximum absolute atomic E-state index is 4.44. The van der Waals surface area contributed by atoms with Crippen molar-refractivity contribution in [3.8, 4) is 0 Å². The summed E-state index contributed by atoms with van der Waals surface area (Å²) in [6.45, 7) is 7.47. The molecule has 0 radical (unpaired) electrons. The monoisotopic (exact) mass is 288 g/mol. The highest BCUT2D eigenvalue weighted by molar-refractivity contribution is 7.11. The van der Waals surface area contributed by atoms with Crippen LogP contribution in [0.25, 0.3) is 0 Å². The van der Waals surface area contributed by atoms with Crippen LogP contribution in [0.15, 0.2) is 30.5 Å². The maximum Gasteiger partial charge on any atom is 0.107 e. The predicted octanol–water partition coefficient (Wildman–Crippen LogP) is 4.12. The molecule has 1 N–H and O–H groups in total. The van der Waals surface area contributed by atoms with Gasteiger partial charge in [-0.1, -0.05) is 36.8 Å². The second-order valence-corrected chi connectivity index (χ2v) is 6.58. The number of aromatic nitrogens is 1. The lowest BCUT2D eigenvalue weighted by atomic mass is 10.0. The Morgan fingerprint density at radius 1 is 1.35 bits per heavy atom. The van der Waals surface area contributed by atoms with Crippen LogP contribution in [0.2, 0.25) is 0 Å². The second-order valence-electron chi connectivity index (χ2n) is 5.38. The van der Waals surface area contributed by atoms with E-state index in [9.17, 15) is 0 Å². The highest BCUT2D eigenvalue weighted by Crippen LogP contribution is 2.13. The summed E-state index contributed by atoms with van der Waals surface area (Å²) in [5, 5.41) is 4.77. The van der Waals surface area contributed by atoms with Gasteiger partial charge in [-0.25, -0.2) is 4.98 Å². The number of nitrogens with zero attached hydrogens (tertiary/aromatic N) is 1. The molecule has 108 valence electrons. The van der Waals surface area contributed by atoms with Gasteiger partial charge < -0.3 is 5.32 Å². The van der Waals surface area contributed by atoms with Crippen LogP contribution in [0.1, 0.15) is 41.3 Å². The number of rotatable bonds is 7. The Labute approximate surface area is 126 Å². The van der Waals surface area contributed by atoms with Gasteiger partial charge in [0.2, 0.25) is 0 Å². The lowest BCUT2D eigenvalue weighted by molar-refractivity contribution is 0.513. The summed E-state index contributed by atoms with van der Waals surface area (Å²) < 4.78 is 0. The van der Waals surface area contributed by atoms with Gasteiger partial charge >= 0.3 is 0 Å². The van der Waals surface area contributed by atoms with Crippen molar-refractivity contribution in [1.29, 1.82) is 0 Å². The van der Waals surface area contributed by atoms with Crippen molar-refractivity contribution in [3.05, 3.63) is 51.5 Å². The number of nitrogens with one attached hydrogen (secondary N) is 1. The SMILES string of the molecule is CCc1cnc(CNC(C)CCc2cccc(C)c2)s1. The molecule has 0 aliphatic rings. The van der Waals surface area contributed by atoms with Crippen LogP contribution in [0.4, 0.5) is 0 Å². The lowest BCUT2D eigenvalue weighted by Crippen LogP contribution is -2.25. The number of aryl methyl sites for hydroxylation is 3. The molecule has 0 saturated carbocycles. The average Bonchev–Trinajstić information content (AvgIpc) is 2.91. The molecular formula is C17H24N2S. The van der Waals surface area contributed by atoms with Crippen molar-refractivity contribution >= 4 is 11.3 Å². The van der Waals surface area contributed by atoms with E-state index >= 15 is 0 Å². The van der Waals surface area contributed by atoms with Crippen molar-refractivity contribution in [2.24, 2.45) is 0 Å². The second kappa shape index (κ2) is 7.55. The van der Waals surface area contributed by atoms with Gasteiger partial charge in [-0.05, 0) is 38.7 Å². The summed E-state index contributed by atoms with van der Waals surface area (Å²) >= 11 is 1.82. The van der Waals surface area contributed by atoms with Gasteiger partial charge in [0.15, 0.2) is 0 Å². The van der Waals surface area contributed by atoms with E-state index in [1.165, 1.54) is 21.0 Å². The van der Waals surface area contributed by atoms with Gasteiger partial charge in [0.25, 0.3) is 0 Å². The Kier molecular flexibility index (Phi) is 5.74. The topological polar surface area (TPSA) is 24.9 Å². The Bertz CT molecular complexity index is 533. The molecular weight excluding hydrogens is 264 g/mol. The molecule has 0 saturated heterocycles. The number of thiazole rings is 1. The zero-order valence-electron chi connectivity index (χ0n) is 12.6. The van der Waals surface area contributed by atoms with E-state index in [1.54, 1.807) is 0 Å². The Balaban J connectivity index is 1.73. The molecule has 1 aromatic carbocycles. The summed E-state index contributed by atoms with van der Waals surface area (Å²) in [6, 6.07) is 9.31. The fourth-order valence-electron chi connectivity index (χ4n) is 2.21. The molecule has 2 nitrogen and oxygen atoms in total. The highest BCUT2D eigenvalue weighted by atomic mass is 32.1. The third-order valence-electron chi connectivity index (χ3n) is 3.50. The van der Waals surface area contributed by atoms with Crippen LogP contribution in [-0.4, -0.2) is 11.0 Å². The van der Waals surface area contributed by atoms with Crippen molar-refractivity contribution in [3.63, 3.8) is 0 Å². The van der Waals surface area contributed by atoms with Crippen LogP contribution in [0.5, 0.6) is 0 Å². The van der Waals surface area contributed by atoms with Crippen LogP contribution < -0.4 is 5.32 Å². The lowest BCUT2D eigenvalue weighted by Gasteiger charge is -2.12. The standard InChI is InChI=1S/C17H24N2S/c1-4-16-11-19-17(20-16)12-18-14(3)8-9-15-7-5-6-13(2)10-15/h5-7,10-11,14,18H,4,8-9,12H2,1-3H3. The first-order valence-corrected chi connectivity index (χ1v) is 8.21. The zero-order chi connectivity index (χ0) is 14.4. The fraction of sp³-hybridized carbons (Fsp3) is 0.471. The van der Waals surface area contributed by atoms with E-state index < -0.39 is 0 Å². The summed E-state index contributed by atoms with van der Waals surface area (Å²) in [6.07, 6.45) is 5.38. The Hall–Kier alpha value is -1.19. The normalized spacial score (nSPS) is 12.6. The van der Waals surface area contributed by atoms with Gasteiger partial charge in [0.1, 0.15) is 5.01 Å². The molecule has 0 bridgehead atoms. The van der Waals surface area contributed by atoms with Gasteiger partial charge in [-0.15, -0.1) is 11.3 Å². The average molecular weight is 288 g/mol. The third kappa shape index (κ3) is 4.73. The van der Waals surface area contributed by atoms with Crippen LogP contribution in [-0.2, 0) is 19.4 Å². The van der Waals surface area contributed by atoms with E-state index in [0.717, 1.165) is 25.8 Å². The van der Waals surface area contributed by atoms with E-state index in [-0.39, 0.29) is 0 Å². The van der Waals surface area contributed by atoms with Crippen molar-refractivity contribution in [1.82, 2.24) is 10.3 Å². The van der Waals surface area contributed by atoms with Crippen molar-refractivity contribution in [2.75, 3.05) is 0 Å². The minimum Gasteiger partial charge on any atom is -0.308 e. The van der Waals surface area contributed by atoms with Gasteiger partial charge in [0.05, 0.1) is 0 Å². The van der Waals surface area contributed by atoms with Gasteiger partial charge in [-0.2, -0.15) is 0 Å². The first kappa shape index (κ1) is 15.2. The molecule has 1 aromatic heterocycles. The minimum absolute atomic E-state index is 0.518. The number of hydrogen-bond acceptors (Lipinski definition) is 3. The van der Waals surface area contributed by atoms with E-state index in [0.29, 0.717) is 6.04 Å². The molecule has 1 heterocycles. The van der Waals surface area contributed by atoms with Crippen LogP contribution >= 0.6 is 11.3 Å². The summed E-state index contributed by atoms with van der Waals surface area (Å²) in [5.41, 5.74) is 2.78. The van der Waals surface area contributed by atoms with E-state index in [2.05, 4.69) is 55.3 Å². The quantitative estimate of drug-likeness (QED) is 0.829. The molecule has 0 spiro atoms. The molecule has 1 unspecified atom stereocenters. The molecule has 20 heavy (non-hydrogen) atoms.